The van der Waals surface area contributed by atoms with Crippen molar-refractivity contribution in [1.29, 1.82) is 0 Å². The summed E-state index contributed by atoms with van der Waals surface area (Å²) in [6.07, 6.45) is 3.01. The van der Waals surface area contributed by atoms with E-state index in [4.69, 9.17) is 0 Å². The molecule has 2 atom stereocenters. The monoisotopic (exact) mass is 318 g/mol. The van der Waals surface area contributed by atoms with Gasteiger partial charge in [-0.25, -0.2) is 8.42 Å². The molecule has 6 nitrogen and oxygen atoms in total. The lowest BCUT2D eigenvalue weighted by molar-refractivity contribution is -0.148. The molecule has 0 spiro atoms. The van der Waals surface area contributed by atoms with Crippen LogP contribution in [-0.2, 0) is 14.6 Å². The van der Waals surface area contributed by atoms with Crippen molar-refractivity contribution in [2.45, 2.75) is 57.2 Å². The minimum absolute atomic E-state index is 0.113. The molecule has 2 N–H and O–H groups in total. The largest absolute Gasteiger partial charge is 0.480 e. The van der Waals surface area contributed by atoms with Gasteiger partial charge in [-0.1, -0.05) is 0 Å². The highest BCUT2D eigenvalue weighted by molar-refractivity contribution is 7.91. The molecule has 2 rings (SSSR count). The second-order valence-electron chi connectivity index (χ2n) is 6.62. The summed E-state index contributed by atoms with van der Waals surface area (Å²) < 4.78 is 23.1. The highest BCUT2D eigenvalue weighted by Crippen LogP contribution is 2.32. The smallest absolute Gasteiger partial charge is 0.323 e. The zero-order valence-electron chi connectivity index (χ0n) is 12.8. The second kappa shape index (κ2) is 6.22. The van der Waals surface area contributed by atoms with Crippen LogP contribution >= 0.6 is 0 Å². The molecule has 0 aromatic rings. The number of hydrogen-bond donors (Lipinski definition) is 2. The normalized spacial score (nSPS) is 34.0. The molecule has 1 saturated heterocycles. The van der Waals surface area contributed by atoms with E-state index >= 15 is 0 Å². The average Bonchev–Trinajstić information content (AvgIpc) is 2.38. The molecule has 2 aliphatic rings. The fourth-order valence-electron chi connectivity index (χ4n) is 3.59. The van der Waals surface area contributed by atoms with Crippen molar-refractivity contribution in [2.24, 2.45) is 0 Å². The number of carboxylic acids is 1. The molecular formula is C14H26N2O4S. The van der Waals surface area contributed by atoms with E-state index in [1.54, 1.807) is 0 Å². The van der Waals surface area contributed by atoms with Crippen molar-refractivity contribution >= 4 is 15.8 Å². The molecule has 1 saturated carbocycles. The number of nitrogens with zero attached hydrogens (tertiary/aromatic N) is 1. The van der Waals surface area contributed by atoms with Crippen molar-refractivity contribution in [2.75, 3.05) is 24.6 Å². The minimum atomic E-state index is -2.89. The molecule has 1 aliphatic carbocycles. The topological polar surface area (TPSA) is 86.7 Å². The van der Waals surface area contributed by atoms with Crippen LogP contribution in [0.15, 0.2) is 0 Å². The summed E-state index contributed by atoms with van der Waals surface area (Å²) >= 11 is 0. The standard InChI is InChI=1S/C14H26N2O4S/c1-11(2)15-14(13(17)18)5-3-4-12(10-14)16-6-8-21(19,20)9-7-16/h11-12,15H,3-10H2,1-2H3,(H,17,18). The molecule has 2 fully saturated rings. The van der Waals surface area contributed by atoms with E-state index < -0.39 is 21.3 Å². The van der Waals surface area contributed by atoms with Crippen LogP contribution in [0.5, 0.6) is 0 Å². The second-order valence-corrected chi connectivity index (χ2v) is 8.93. The summed E-state index contributed by atoms with van der Waals surface area (Å²) in [5.41, 5.74) is -0.868. The van der Waals surface area contributed by atoms with E-state index in [1.165, 1.54) is 0 Å². The Morgan fingerprint density at radius 3 is 2.48 bits per heavy atom. The van der Waals surface area contributed by atoms with Gasteiger partial charge in [0.15, 0.2) is 9.84 Å². The minimum Gasteiger partial charge on any atom is -0.480 e. The highest BCUT2D eigenvalue weighted by atomic mass is 32.2. The number of carboxylic acid groups (broad SMARTS) is 1. The van der Waals surface area contributed by atoms with Gasteiger partial charge in [0, 0.05) is 25.2 Å². The predicted octanol–water partition coefficient (Wildman–Crippen LogP) is 0.481. The quantitative estimate of drug-likeness (QED) is 0.784. The van der Waals surface area contributed by atoms with E-state index in [0.29, 0.717) is 25.9 Å². The first kappa shape index (κ1) is 16.7. The molecular weight excluding hydrogens is 292 g/mol. The van der Waals surface area contributed by atoms with Crippen LogP contribution in [0.4, 0.5) is 0 Å². The maximum atomic E-state index is 11.8. The summed E-state index contributed by atoms with van der Waals surface area (Å²) in [6.45, 7) is 4.98. The molecule has 1 aliphatic heterocycles. The third kappa shape index (κ3) is 3.96. The highest BCUT2D eigenvalue weighted by Gasteiger charge is 2.45. The van der Waals surface area contributed by atoms with Crippen molar-refractivity contribution in [1.82, 2.24) is 10.2 Å². The van der Waals surface area contributed by atoms with E-state index in [1.807, 2.05) is 13.8 Å². The third-order valence-corrected chi connectivity index (χ3v) is 6.20. The molecule has 0 aromatic carbocycles. The number of sulfone groups is 1. The van der Waals surface area contributed by atoms with Gasteiger partial charge in [0.05, 0.1) is 11.5 Å². The average molecular weight is 318 g/mol. The summed E-state index contributed by atoms with van der Waals surface area (Å²) in [4.78, 5) is 13.9. The van der Waals surface area contributed by atoms with Gasteiger partial charge < -0.3 is 5.11 Å². The SMILES string of the molecule is CC(C)NC1(C(=O)O)CCCC(N2CCS(=O)(=O)CC2)C1. The summed E-state index contributed by atoms with van der Waals surface area (Å²) in [6, 6.07) is 0.276. The summed E-state index contributed by atoms with van der Waals surface area (Å²) in [7, 11) is -2.89. The maximum Gasteiger partial charge on any atom is 0.323 e. The Hall–Kier alpha value is -0.660. The number of carbonyl (C=O) groups is 1. The Bertz CT molecular complexity index is 477. The molecule has 0 aromatic heterocycles. The van der Waals surface area contributed by atoms with Crippen molar-refractivity contribution in [3.05, 3.63) is 0 Å². The fourth-order valence-corrected chi connectivity index (χ4v) is 4.82. The predicted molar refractivity (Wildman–Crippen MR) is 81.1 cm³/mol. The third-order valence-electron chi connectivity index (χ3n) is 4.59. The van der Waals surface area contributed by atoms with E-state index in [9.17, 15) is 18.3 Å². The van der Waals surface area contributed by atoms with Gasteiger partial charge >= 0.3 is 5.97 Å². The first-order chi connectivity index (χ1) is 9.74. The van der Waals surface area contributed by atoms with Crippen LogP contribution in [-0.4, -0.2) is 66.6 Å². The van der Waals surface area contributed by atoms with Gasteiger partial charge in [-0.2, -0.15) is 0 Å². The number of rotatable bonds is 4. The lowest BCUT2D eigenvalue weighted by Crippen LogP contribution is -2.61. The Morgan fingerprint density at radius 1 is 1.33 bits per heavy atom. The molecule has 0 amide bonds. The van der Waals surface area contributed by atoms with Crippen molar-refractivity contribution < 1.29 is 18.3 Å². The molecule has 0 radical (unpaired) electrons. The first-order valence-corrected chi connectivity index (χ1v) is 9.52. The van der Waals surface area contributed by atoms with Gasteiger partial charge in [-0.15, -0.1) is 0 Å². The summed E-state index contributed by atoms with van der Waals surface area (Å²) in [5.74, 6) is -0.395. The lowest BCUT2D eigenvalue weighted by Gasteiger charge is -2.44. The zero-order valence-corrected chi connectivity index (χ0v) is 13.7. The van der Waals surface area contributed by atoms with Crippen molar-refractivity contribution in [3.63, 3.8) is 0 Å². The Morgan fingerprint density at radius 2 is 1.95 bits per heavy atom. The van der Waals surface area contributed by atoms with Crippen LogP contribution in [0, 0.1) is 0 Å². The van der Waals surface area contributed by atoms with Gasteiger partial charge in [-0.3, -0.25) is 15.0 Å². The maximum absolute atomic E-state index is 11.8. The number of nitrogens with one attached hydrogen (secondary N) is 1. The van der Waals surface area contributed by atoms with Gasteiger partial charge in [0.1, 0.15) is 5.54 Å². The molecule has 2 unspecified atom stereocenters. The van der Waals surface area contributed by atoms with Crippen LogP contribution in [0.25, 0.3) is 0 Å². The molecule has 1 heterocycles. The molecule has 122 valence electrons. The Kier molecular flexibility index (Phi) is 4.95. The van der Waals surface area contributed by atoms with Crippen LogP contribution in [0.3, 0.4) is 0 Å². The lowest BCUT2D eigenvalue weighted by atomic mass is 9.78. The van der Waals surface area contributed by atoms with E-state index in [2.05, 4.69) is 10.2 Å². The number of aliphatic carboxylic acids is 1. The number of hydrogen-bond acceptors (Lipinski definition) is 5. The van der Waals surface area contributed by atoms with Gasteiger partial charge in [0.2, 0.25) is 0 Å². The molecule has 0 bridgehead atoms. The van der Waals surface area contributed by atoms with E-state index in [0.717, 1.165) is 12.8 Å². The van der Waals surface area contributed by atoms with Crippen LogP contribution < -0.4 is 5.32 Å². The summed E-state index contributed by atoms with van der Waals surface area (Å²) in [5, 5.41) is 12.9. The van der Waals surface area contributed by atoms with Crippen molar-refractivity contribution in [3.8, 4) is 0 Å². The van der Waals surface area contributed by atoms with Crippen LogP contribution in [0.2, 0.25) is 0 Å². The Balaban J connectivity index is 2.07. The fraction of sp³-hybridized carbons (Fsp3) is 0.929. The van der Waals surface area contributed by atoms with Gasteiger partial charge in [0.25, 0.3) is 0 Å². The molecule has 7 heteroatoms. The zero-order chi connectivity index (χ0) is 15.7. The molecule has 21 heavy (non-hydrogen) atoms. The van der Waals surface area contributed by atoms with Gasteiger partial charge in [-0.05, 0) is 39.5 Å². The van der Waals surface area contributed by atoms with Crippen LogP contribution in [0.1, 0.15) is 39.5 Å². The Labute approximate surface area is 126 Å². The van der Waals surface area contributed by atoms with E-state index in [-0.39, 0.29) is 23.6 Å². The first-order valence-electron chi connectivity index (χ1n) is 7.70.